The fourth-order valence-corrected chi connectivity index (χ4v) is 6.55. The van der Waals surface area contributed by atoms with Crippen LogP contribution in [-0.2, 0) is 27.4 Å². The van der Waals surface area contributed by atoms with Crippen LogP contribution in [0.3, 0.4) is 0 Å². The number of rotatable bonds is 9. The van der Waals surface area contributed by atoms with E-state index in [1.54, 1.807) is 18.2 Å². The molecule has 2 atom stereocenters. The number of halogens is 3. The number of alkyl halides is 3. The highest BCUT2D eigenvalue weighted by molar-refractivity contribution is 7.88. The van der Waals surface area contributed by atoms with Crippen LogP contribution in [0.25, 0.3) is 0 Å². The summed E-state index contributed by atoms with van der Waals surface area (Å²) in [5.41, 5.74) is -0.195. The highest BCUT2D eigenvalue weighted by Crippen LogP contribution is 2.37. The number of nitrogens with one attached hydrogen (secondary N) is 2. The molecular formula is C28H39F3N6O4S. The predicted molar refractivity (Wildman–Crippen MR) is 154 cm³/mol. The summed E-state index contributed by atoms with van der Waals surface area (Å²) in [4.78, 5) is 23.1. The average molecular weight is 613 g/mol. The van der Waals surface area contributed by atoms with Crippen LogP contribution >= 0.6 is 0 Å². The second-order valence-electron chi connectivity index (χ2n) is 11.3. The first-order valence-corrected chi connectivity index (χ1v) is 15.9. The van der Waals surface area contributed by atoms with Crippen LogP contribution in [0.2, 0.25) is 0 Å². The summed E-state index contributed by atoms with van der Waals surface area (Å²) in [6.07, 6.45) is 1.46. The number of hydrogen-bond donors (Lipinski definition) is 2. The number of methoxy groups -OCH3 is 1. The van der Waals surface area contributed by atoms with E-state index in [1.807, 2.05) is 7.05 Å². The van der Waals surface area contributed by atoms with Crippen LogP contribution in [0.4, 0.5) is 30.5 Å². The summed E-state index contributed by atoms with van der Waals surface area (Å²) in [7, 11) is 1.43. The Hall–Kier alpha value is -2.97. The molecule has 1 saturated heterocycles. The van der Waals surface area contributed by atoms with Gasteiger partial charge in [0, 0.05) is 37.0 Å². The lowest BCUT2D eigenvalue weighted by molar-refractivity contribution is -0.138. The van der Waals surface area contributed by atoms with Crippen molar-refractivity contribution in [3.05, 3.63) is 35.7 Å². The summed E-state index contributed by atoms with van der Waals surface area (Å²) >= 11 is 0. The molecule has 1 aromatic carbocycles. The van der Waals surface area contributed by atoms with E-state index in [1.165, 1.54) is 18.5 Å². The van der Waals surface area contributed by atoms with E-state index in [4.69, 9.17) is 4.74 Å². The Morgan fingerprint density at radius 1 is 1.17 bits per heavy atom. The molecule has 0 spiro atoms. The lowest BCUT2D eigenvalue weighted by Crippen LogP contribution is -2.44. The van der Waals surface area contributed by atoms with Crippen molar-refractivity contribution in [2.24, 2.45) is 11.8 Å². The number of anilines is 3. The monoisotopic (exact) mass is 612 g/mol. The zero-order valence-corrected chi connectivity index (χ0v) is 25.2. The number of hydrogen-bond acceptors (Lipinski definition) is 8. The Morgan fingerprint density at radius 3 is 2.50 bits per heavy atom. The van der Waals surface area contributed by atoms with Gasteiger partial charge in [-0.3, -0.25) is 4.79 Å². The molecular weight excluding hydrogens is 573 g/mol. The minimum absolute atomic E-state index is 0.0460. The Labute approximate surface area is 245 Å². The standard InChI is InChI=1S/C28H39F3N6O4S/c1-36-13-11-18(12-14-36)26(38)33-20-9-10-22(25(16-20)41-3)34-27-32-17-21(28(29,30)31)23(35-27)15-19-7-5-6-8-24(19)37(2)42(4,39)40/h9-10,16-19,24H,5-8,11-15H2,1-4H3,(H,33,38)(H,32,34,35)/t19-,24+/m0/s1. The van der Waals surface area contributed by atoms with Crippen molar-refractivity contribution in [2.45, 2.75) is 57.2 Å². The molecule has 2 aliphatic rings. The minimum Gasteiger partial charge on any atom is -0.494 e. The largest absolute Gasteiger partial charge is 0.494 e. The molecule has 2 N–H and O–H groups in total. The molecule has 2 heterocycles. The van der Waals surface area contributed by atoms with E-state index in [2.05, 4.69) is 25.5 Å². The number of carbonyl (C=O) groups is 1. The van der Waals surface area contributed by atoms with E-state index >= 15 is 0 Å². The number of ether oxygens (including phenoxy) is 1. The van der Waals surface area contributed by atoms with E-state index in [9.17, 15) is 26.4 Å². The van der Waals surface area contributed by atoms with Crippen molar-refractivity contribution in [2.75, 3.05) is 51.2 Å². The first-order valence-electron chi connectivity index (χ1n) is 14.1. The molecule has 2 fully saturated rings. The number of carbonyl (C=O) groups excluding carboxylic acids is 1. The van der Waals surface area contributed by atoms with Gasteiger partial charge in [-0.05, 0) is 70.3 Å². The molecule has 232 valence electrons. The van der Waals surface area contributed by atoms with Crippen LogP contribution in [-0.4, -0.2) is 80.1 Å². The van der Waals surface area contributed by atoms with Crippen molar-refractivity contribution in [3.8, 4) is 5.75 Å². The van der Waals surface area contributed by atoms with Gasteiger partial charge in [-0.25, -0.2) is 22.7 Å². The van der Waals surface area contributed by atoms with Gasteiger partial charge in [0.2, 0.25) is 21.9 Å². The Balaban J connectivity index is 1.55. The third-order valence-electron chi connectivity index (χ3n) is 8.29. The predicted octanol–water partition coefficient (Wildman–Crippen LogP) is 4.52. The molecule has 0 unspecified atom stereocenters. The molecule has 14 heteroatoms. The smallest absolute Gasteiger partial charge is 0.419 e. The van der Waals surface area contributed by atoms with Crippen LogP contribution in [0.1, 0.15) is 49.8 Å². The van der Waals surface area contributed by atoms with Gasteiger partial charge in [0.1, 0.15) is 5.75 Å². The van der Waals surface area contributed by atoms with E-state index in [0.29, 0.717) is 30.0 Å². The second-order valence-corrected chi connectivity index (χ2v) is 13.3. The maximum Gasteiger partial charge on any atom is 0.419 e. The van der Waals surface area contributed by atoms with Crippen LogP contribution in [0.15, 0.2) is 24.4 Å². The highest BCUT2D eigenvalue weighted by atomic mass is 32.2. The maximum atomic E-state index is 14.0. The van der Waals surface area contributed by atoms with Gasteiger partial charge >= 0.3 is 6.18 Å². The molecule has 1 amide bonds. The average Bonchev–Trinajstić information content (AvgIpc) is 2.93. The molecule has 1 aliphatic carbocycles. The Morgan fingerprint density at radius 2 is 1.86 bits per heavy atom. The van der Waals surface area contributed by atoms with Crippen molar-refractivity contribution in [1.29, 1.82) is 0 Å². The van der Waals surface area contributed by atoms with Gasteiger partial charge in [-0.2, -0.15) is 13.2 Å². The number of nitrogens with zero attached hydrogens (tertiary/aromatic N) is 4. The third kappa shape index (κ3) is 7.90. The van der Waals surface area contributed by atoms with E-state index < -0.39 is 27.8 Å². The molecule has 2 aromatic rings. The molecule has 1 saturated carbocycles. The summed E-state index contributed by atoms with van der Waals surface area (Å²) in [5, 5.41) is 5.87. The number of piperidine rings is 1. The van der Waals surface area contributed by atoms with Crippen molar-refractivity contribution in [1.82, 2.24) is 19.2 Å². The van der Waals surface area contributed by atoms with Gasteiger partial charge in [0.05, 0.1) is 30.3 Å². The third-order valence-corrected chi connectivity index (χ3v) is 9.61. The number of sulfonamides is 1. The zero-order chi connectivity index (χ0) is 30.7. The topological polar surface area (TPSA) is 117 Å². The molecule has 0 radical (unpaired) electrons. The van der Waals surface area contributed by atoms with Crippen molar-refractivity contribution < 1.29 is 31.1 Å². The second kappa shape index (κ2) is 13.1. The highest BCUT2D eigenvalue weighted by Gasteiger charge is 2.38. The fourth-order valence-electron chi connectivity index (χ4n) is 5.78. The molecule has 10 nitrogen and oxygen atoms in total. The number of aromatic nitrogens is 2. The van der Waals surface area contributed by atoms with Crippen LogP contribution in [0.5, 0.6) is 5.75 Å². The molecule has 1 aliphatic heterocycles. The maximum absolute atomic E-state index is 14.0. The number of likely N-dealkylation sites (tertiary alicyclic amines) is 1. The first kappa shape index (κ1) is 32.0. The minimum atomic E-state index is -4.67. The number of benzene rings is 1. The van der Waals surface area contributed by atoms with Gasteiger partial charge in [-0.15, -0.1) is 0 Å². The van der Waals surface area contributed by atoms with Gasteiger partial charge in [-0.1, -0.05) is 12.8 Å². The van der Waals surface area contributed by atoms with Crippen molar-refractivity contribution >= 4 is 33.3 Å². The van der Waals surface area contributed by atoms with Crippen LogP contribution in [0, 0.1) is 11.8 Å². The van der Waals surface area contributed by atoms with Gasteiger partial charge in [0.15, 0.2) is 0 Å². The Bertz CT molecular complexity index is 1370. The van der Waals surface area contributed by atoms with E-state index in [-0.39, 0.29) is 35.8 Å². The zero-order valence-electron chi connectivity index (χ0n) is 24.4. The SMILES string of the molecule is COc1cc(NC(=O)C2CCN(C)CC2)ccc1Nc1ncc(C(F)(F)F)c(C[C@@H]2CCCC[C@H]2N(C)S(C)(=O)=O)n1. The summed E-state index contributed by atoms with van der Waals surface area (Å²) in [6, 6.07) is 4.53. The molecule has 1 aromatic heterocycles. The van der Waals surface area contributed by atoms with Gasteiger partial charge in [0.25, 0.3) is 0 Å². The summed E-state index contributed by atoms with van der Waals surface area (Å²) < 4.78 is 73.1. The molecule has 42 heavy (non-hydrogen) atoms. The van der Waals surface area contributed by atoms with E-state index in [0.717, 1.165) is 51.2 Å². The summed E-state index contributed by atoms with van der Waals surface area (Å²) in [6.45, 7) is 1.71. The van der Waals surface area contributed by atoms with Crippen molar-refractivity contribution in [3.63, 3.8) is 0 Å². The quantitative estimate of drug-likeness (QED) is 0.425. The molecule has 0 bridgehead atoms. The Kier molecular flexibility index (Phi) is 9.99. The normalized spacial score (nSPS) is 20.9. The van der Waals surface area contributed by atoms with Crippen LogP contribution < -0.4 is 15.4 Å². The lowest BCUT2D eigenvalue weighted by atomic mass is 9.81. The number of amides is 1. The fraction of sp³-hybridized carbons (Fsp3) is 0.607. The summed E-state index contributed by atoms with van der Waals surface area (Å²) in [5.74, 6) is -0.176. The lowest BCUT2D eigenvalue weighted by Gasteiger charge is -2.37. The first-order chi connectivity index (χ1) is 19.8. The van der Waals surface area contributed by atoms with Gasteiger partial charge < -0.3 is 20.3 Å². The molecule has 4 rings (SSSR count).